The highest BCUT2D eigenvalue weighted by atomic mass is 35.5. The van der Waals surface area contributed by atoms with E-state index in [0.29, 0.717) is 34.2 Å². The number of hydrazine groups is 1. The van der Waals surface area contributed by atoms with Gasteiger partial charge in [0.05, 0.1) is 22.4 Å². The highest BCUT2D eigenvalue weighted by Gasteiger charge is 2.66. The van der Waals surface area contributed by atoms with Crippen molar-refractivity contribution in [3.63, 3.8) is 0 Å². The number of alkyl halides is 3. The van der Waals surface area contributed by atoms with E-state index < -0.39 is 45.8 Å². The Morgan fingerprint density at radius 2 is 1.92 bits per heavy atom. The van der Waals surface area contributed by atoms with E-state index in [0.717, 1.165) is 5.01 Å². The highest BCUT2D eigenvalue weighted by molar-refractivity contribution is 6.33. The van der Waals surface area contributed by atoms with Crippen LogP contribution in [0.1, 0.15) is 35.0 Å². The summed E-state index contributed by atoms with van der Waals surface area (Å²) in [6.45, 7) is 3.51. The Bertz CT molecular complexity index is 1500. The van der Waals surface area contributed by atoms with Crippen molar-refractivity contribution in [1.29, 1.82) is 0 Å². The Hall–Kier alpha value is -3.60. The van der Waals surface area contributed by atoms with Crippen molar-refractivity contribution in [1.82, 2.24) is 9.99 Å². The SMILES string of the molecule is C=CC1=CC[C@H]2C(=O)N(Nc3ncc(C(F)(F)F)cc3Cl)C(=O)[C@@]2(c2ccc(Cl)cc2)[C@H]1c1ccc(CO)o1. The number of anilines is 1. The topological polar surface area (TPSA) is 95.7 Å². The maximum Gasteiger partial charge on any atom is 0.417 e. The van der Waals surface area contributed by atoms with E-state index >= 15 is 0 Å². The van der Waals surface area contributed by atoms with Crippen LogP contribution in [0.15, 0.2) is 77.4 Å². The number of hydrogen-bond donors (Lipinski definition) is 2. The number of carbonyl (C=O) groups is 2. The number of imide groups is 1. The molecule has 202 valence electrons. The summed E-state index contributed by atoms with van der Waals surface area (Å²) in [7, 11) is 0. The zero-order valence-corrected chi connectivity index (χ0v) is 21.5. The number of fused-ring (bicyclic) bond motifs is 1. The molecule has 2 amide bonds. The third kappa shape index (κ3) is 4.32. The number of pyridine rings is 1. The minimum absolute atomic E-state index is 0.158. The Kier molecular flexibility index (Phi) is 6.82. The van der Waals surface area contributed by atoms with Crippen molar-refractivity contribution in [2.45, 2.75) is 30.5 Å². The molecule has 1 saturated heterocycles. The maximum absolute atomic E-state index is 14.4. The molecule has 1 fully saturated rings. The lowest BCUT2D eigenvalue weighted by molar-refractivity contribution is -0.139. The Morgan fingerprint density at radius 1 is 1.21 bits per heavy atom. The molecule has 1 aromatic carbocycles. The first-order chi connectivity index (χ1) is 18.5. The number of allylic oxidation sites excluding steroid dienone is 3. The van der Waals surface area contributed by atoms with Gasteiger partial charge in [0.1, 0.15) is 23.5 Å². The molecule has 5 rings (SSSR count). The van der Waals surface area contributed by atoms with E-state index in [1.807, 2.05) is 0 Å². The van der Waals surface area contributed by atoms with Crippen molar-refractivity contribution < 1.29 is 32.3 Å². The second-order valence-electron chi connectivity index (χ2n) is 9.11. The molecule has 0 saturated carbocycles. The number of aromatic nitrogens is 1. The predicted octanol–water partition coefficient (Wildman–Crippen LogP) is 6.04. The van der Waals surface area contributed by atoms with Gasteiger partial charge >= 0.3 is 6.18 Å². The number of hydrogen-bond acceptors (Lipinski definition) is 6. The quantitative estimate of drug-likeness (QED) is 0.347. The third-order valence-electron chi connectivity index (χ3n) is 7.07. The van der Waals surface area contributed by atoms with Crippen LogP contribution in [0.4, 0.5) is 19.0 Å². The average molecular weight is 578 g/mol. The summed E-state index contributed by atoms with van der Waals surface area (Å²) < 4.78 is 45.2. The van der Waals surface area contributed by atoms with Gasteiger partial charge in [-0.3, -0.25) is 15.0 Å². The van der Waals surface area contributed by atoms with E-state index in [-0.39, 0.29) is 24.6 Å². The van der Waals surface area contributed by atoms with E-state index in [2.05, 4.69) is 17.0 Å². The van der Waals surface area contributed by atoms with Gasteiger partial charge < -0.3 is 9.52 Å². The number of nitrogens with one attached hydrogen (secondary N) is 1. The largest absolute Gasteiger partial charge is 0.463 e. The molecule has 3 aromatic rings. The standard InChI is InChI=1S/C27H20Cl2F3N3O4/c1-2-14-3-9-19-24(37)35(34-23-20(29)11-16(12-33-23)27(30,31)32)25(38)26(19,15-4-6-17(28)7-5-15)22(14)21-10-8-18(13-36)39-21/h2-8,10-12,19,22,36H,1,9,13H2,(H,33,34)/t19-,22+,26+/m0/s1. The predicted molar refractivity (Wildman–Crippen MR) is 137 cm³/mol. The van der Waals surface area contributed by atoms with Gasteiger partial charge in [-0.25, -0.2) is 4.98 Å². The molecule has 2 N–H and O–H groups in total. The van der Waals surface area contributed by atoms with Crippen LogP contribution in [-0.4, -0.2) is 26.9 Å². The maximum atomic E-state index is 14.4. The fourth-order valence-corrected chi connectivity index (χ4v) is 5.69. The molecular formula is C27H20Cl2F3N3O4. The lowest BCUT2D eigenvalue weighted by atomic mass is 9.57. The Balaban J connectivity index is 1.67. The van der Waals surface area contributed by atoms with Gasteiger partial charge in [-0.2, -0.15) is 18.2 Å². The summed E-state index contributed by atoms with van der Waals surface area (Å²) in [5.74, 6) is -2.83. The van der Waals surface area contributed by atoms with Gasteiger partial charge in [0.25, 0.3) is 11.8 Å². The Morgan fingerprint density at radius 3 is 2.51 bits per heavy atom. The summed E-state index contributed by atoms with van der Waals surface area (Å²) in [6.07, 6.45) is -0.609. The summed E-state index contributed by atoms with van der Waals surface area (Å²) in [6, 6.07) is 10.3. The number of furan rings is 1. The van der Waals surface area contributed by atoms with Crippen LogP contribution in [0.25, 0.3) is 0 Å². The molecule has 1 aliphatic carbocycles. The van der Waals surface area contributed by atoms with Crippen LogP contribution in [0.3, 0.4) is 0 Å². The molecule has 12 heteroatoms. The number of aliphatic hydroxyl groups excluding tert-OH is 1. The molecule has 2 aliphatic rings. The van der Waals surface area contributed by atoms with Crippen molar-refractivity contribution in [2.24, 2.45) is 5.92 Å². The molecule has 39 heavy (non-hydrogen) atoms. The monoisotopic (exact) mass is 577 g/mol. The minimum atomic E-state index is -4.68. The van der Waals surface area contributed by atoms with Crippen LogP contribution in [0.5, 0.6) is 0 Å². The van der Waals surface area contributed by atoms with Crippen LogP contribution in [0, 0.1) is 5.92 Å². The van der Waals surface area contributed by atoms with Crippen LogP contribution in [-0.2, 0) is 27.8 Å². The van der Waals surface area contributed by atoms with E-state index in [9.17, 15) is 27.9 Å². The normalized spacial score (nSPS) is 23.0. The summed E-state index contributed by atoms with van der Waals surface area (Å²) in [5, 5.41) is 10.3. The van der Waals surface area contributed by atoms with Crippen molar-refractivity contribution in [3.05, 3.63) is 106 Å². The fourth-order valence-electron chi connectivity index (χ4n) is 5.36. The first-order valence-electron chi connectivity index (χ1n) is 11.7. The van der Waals surface area contributed by atoms with Crippen molar-refractivity contribution in [2.75, 3.05) is 5.43 Å². The second kappa shape index (κ2) is 9.86. The van der Waals surface area contributed by atoms with Gasteiger partial charge in [-0.05, 0) is 47.9 Å². The van der Waals surface area contributed by atoms with Crippen LogP contribution >= 0.6 is 23.2 Å². The minimum Gasteiger partial charge on any atom is -0.463 e. The molecule has 2 aromatic heterocycles. The molecule has 7 nitrogen and oxygen atoms in total. The average Bonchev–Trinajstić information content (AvgIpc) is 3.46. The van der Waals surface area contributed by atoms with Gasteiger partial charge in [0, 0.05) is 11.2 Å². The zero-order chi connectivity index (χ0) is 28.1. The Labute approximate surface area is 230 Å². The first-order valence-corrected chi connectivity index (χ1v) is 12.4. The number of benzene rings is 1. The van der Waals surface area contributed by atoms with Gasteiger partial charge in [0.2, 0.25) is 0 Å². The summed E-state index contributed by atoms with van der Waals surface area (Å²) >= 11 is 12.2. The zero-order valence-electron chi connectivity index (χ0n) is 20.0. The van der Waals surface area contributed by atoms with Crippen molar-refractivity contribution >= 4 is 40.8 Å². The molecule has 3 atom stereocenters. The number of amides is 2. The number of carbonyl (C=O) groups excluding carboxylic acids is 2. The number of halogens is 5. The summed E-state index contributed by atoms with van der Waals surface area (Å²) in [5.41, 5.74) is 0.989. The number of rotatable bonds is 6. The lowest BCUT2D eigenvalue weighted by Crippen LogP contribution is -2.48. The fraction of sp³-hybridized carbons (Fsp3) is 0.222. The highest BCUT2D eigenvalue weighted by Crippen LogP contribution is 2.58. The van der Waals surface area contributed by atoms with Crippen molar-refractivity contribution in [3.8, 4) is 0 Å². The molecule has 1 aliphatic heterocycles. The smallest absolute Gasteiger partial charge is 0.417 e. The van der Waals surface area contributed by atoms with E-state index in [4.69, 9.17) is 27.6 Å². The number of nitrogens with zero attached hydrogens (tertiary/aromatic N) is 2. The number of aliphatic hydroxyl groups is 1. The molecular weight excluding hydrogens is 558 g/mol. The van der Waals surface area contributed by atoms with E-state index in [1.165, 1.54) is 0 Å². The molecule has 3 heterocycles. The molecule has 0 radical (unpaired) electrons. The molecule has 0 spiro atoms. The van der Waals surface area contributed by atoms with Gasteiger partial charge in [-0.1, -0.05) is 54.1 Å². The summed E-state index contributed by atoms with van der Waals surface area (Å²) in [4.78, 5) is 32.0. The lowest BCUT2D eigenvalue weighted by Gasteiger charge is -2.41. The second-order valence-corrected chi connectivity index (χ2v) is 9.95. The molecule has 0 unspecified atom stereocenters. The van der Waals surface area contributed by atoms with Crippen LogP contribution < -0.4 is 5.43 Å². The third-order valence-corrected chi connectivity index (χ3v) is 7.61. The van der Waals surface area contributed by atoms with Gasteiger partial charge in [-0.15, -0.1) is 0 Å². The van der Waals surface area contributed by atoms with E-state index in [1.54, 1.807) is 48.6 Å². The van der Waals surface area contributed by atoms with Crippen LogP contribution in [0.2, 0.25) is 10.0 Å². The first kappa shape index (κ1) is 27.0. The molecule has 0 bridgehead atoms. The van der Waals surface area contributed by atoms with Gasteiger partial charge in [0.15, 0.2) is 5.82 Å².